The molecule has 0 bridgehead atoms. The van der Waals surface area contributed by atoms with E-state index in [2.05, 4.69) is 0 Å². The lowest BCUT2D eigenvalue weighted by Crippen LogP contribution is -2.16. The van der Waals surface area contributed by atoms with Gasteiger partial charge in [0.15, 0.2) is 0 Å². The van der Waals surface area contributed by atoms with Gasteiger partial charge in [0, 0.05) is 0 Å². The van der Waals surface area contributed by atoms with E-state index >= 15 is 0 Å². The molecule has 5 heteroatoms. The van der Waals surface area contributed by atoms with E-state index in [1.54, 1.807) is 6.07 Å². The minimum Gasteiger partial charge on any atom is -0.489 e. The van der Waals surface area contributed by atoms with Crippen LogP contribution in [0.4, 0.5) is 13.2 Å². The smallest absolute Gasteiger partial charge is 0.416 e. The zero-order chi connectivity index (χ0) is 14.6. The van der Waals surface area contributed by atoms with Gasteiger partial charge in [-0.3, -0.25) is 0 Å². The average molecular weight is 283 g/mol. The number of alkyl halides is 3. The van der Waals surface area contributed by atoms with Gasteiger partial charge < -0.3 is 4.74 Å². The fourth-order valence-corrected chi connectivity index (χ4v) is 2.44. The van der Waals surface area contributed by atoms with Gasteiger partial charge in [-0.15, -0.1) is 0 Å². The van der Waals surface area contributed by atoms with Crippen LogP contribution in [0.5, 0.6) is 5.75 Å². The molecule has 108 valence electrons. The van der Waals surface area contributed by atoms with Crippen molar-refractivity contribution in [1.29, 1.82) is 5.26 Å². The van der Waals surface area contributed by atoms with Gasteiger partial charge in [0.05, 0.1) is 17.2 Å². The van der Waals surface area contributed by atoms with Crippen molar-refractivity contribution in [3.63, 3.8) is 0 Å². The van der Waals surface area contributed by atoms with Crippen molar-refractivity contribution in [2.24, 2.45) is 0 Å². The highest BCUT2D eigenvalue weighted by Gasteiger charge is 2.31. The van der Waals surface area contributed by atoms with E-state index in [1.165, 1.54) is 6.07 Å². The van der Waals surface area contributed by atoms with Gasteiger partial charge in [-0.1, -0.05) is 12.8 Å². The van der Waals surface area contributed by atoms with Gasteiger partial charge in [-0.25, -0.2) is 0 Å². The van der Waals surface area contributed by atoms with E-state index in [0.717, 1.165) is 50.7 Å². The van der Waals surface area contributed by atoms with Crippen LogP contribution in [0.1, 0.15) is 49.7 Å². The summed E-state index contributed by atoms with van der Waals surface area (Å²) in [6.07, 6.45) is 1.81. The Labute approximate surface area is 116 Å². The molecule has 1 aliphatic carbocycles. The van der Waals surface area contributed by atoms with Crippen molar-refractivity contribution in [3.05, 3.63) is 29.3 Å². The maximum Gasteiger partial charge on any atom is 0.416 e. The molecule has 0 radical (unpaired) electrons. The largest absolute Gasteiger partial charge is 0.489 e. The van der Waals surface area contributed by atoms with Crippen molar-refractivity contribution < 1.29 is 17.9 Å². The molecule has 0 amide bonds. The summed E-state index contributed by atoms with van der Waals surface area (Å²) < 4.78 is 43.5. The molecule has 1 saturated carbocycles. The molecule has 0 atom stereocenters. The third-order valence-electron chi connectivity index (χ3n) is 3.52. The van der Waals surface area contributed by atoms with E-state index < -0.39 is 11.7 Å². The van der Waals surface area contributed by atoms with Crippen molar-refractivity contribution in [1.82, 2.24) is 0 Å². The Morgan fingerprint density at radius 3 is 2.30 bits per heavy atom. The van der Waals surface area contributed by atoms with Crippen LogP contribution in [0.2, 0.25) is 0 Å². The van der Waals surface area contributed by atoms with Crippen LogP contribution >= 0.6 is 0 Å². The van der Waals surface area contributed by atoms with Crippen LogP contribution < -0.4 is 4.74 Å². The SMILES string of the molecule is N#Cc1cc(C(F)(F)F)ccc1OC1CCCCCC1. The van der Waals surface area contributed by atoms with E-state index in [-0.39, 0.29) is 17.4 Å². The molecule has 1 aliphatic rings. The molecule has 0 aliphatic heterocycles. The number of ether oxygens (including phenoxy) is 1. The Kier molecular flexibility index (Phi) is 4.53. The molecule has 20 heavy (non-hydrogen) atoms. The number of halogens is 3. The first-order chi connectivity index (χ1) is 9.50. The second kappa shape index (κ2) is 6.17. The monoisotopic (exact) mass is 283 g/mol. The summed E-state index contributed by atoms with van der Waals surface area (Å²) in [6, 6.07) is 4.86. The van der Waals surface area contributed by atoms with Gasteiger partial charge in [0.2, 0.25) is 0 Å². The number of hydrogen-bond donors (Lipinski definition) is 0. The molecule has 0 aromatic heterocycles. The number of benzene rings is 1. The molecule has 1 fully saturated rings. The predicted octanol–water partition coefficient (Wildman–Crippen LogP) is 4.68. The van der Waals surface area contributed by atoms with Crippen LogP contribution in [-0.2, 0) is 6.18 Å². The third kappa shape index (κ3) is 3.66. The lowest BCUT2D eigenvalue weighted by molar-refractivity contribution is -0.137. The third-order valence-corrected chi connectivity index (χ3v) is 3.52. The zero-order valence-corrected chi connectivity index (χ0v) is 11.0. The summed E-state index contributed by atoms with van der Waals surface area (Å²) in [7, 11) is 0. The molecule has 0 heterocycles. The molecule has 0 N–H and O–H groups in total. The number of rotatable bonds is 2. The summed E-state index contributed by atoms with van der Waals surface area (Å²) >= 11 is 0. The van der Waals surface area contributed by atoms with Crippen molar-refractivity contribution >= 4 is 0 Å². The van der Waals surface area contributed by atoms with Crippen molar-refractivity contribution in [3.8, 4) is 11.8 Å². The number of hydrogen-bond acceptors (Lipinski definition) is 2. The summed E-state index contributed by atoms with van der Waals surface area (Å²) in [5.41, 5.74) is -0.869. The van der Waals surface area contributed by atoms with Crippen LogP contribution in [0, 0.1) is 11.3 Å². The Morgan fingerprint density at radius 1 is 1.10 bits per heavy atom. The van der Waals surface area contributed by atoms with Gasteiger partial charge in [-0.05, 0) is 43.9 Å². The first-order valence-corrected chi connectivity index (χ1v) is 6.78. The Morgan fingerprint density at radius 2 is 1.75 bits per heavy atom. The highest BCUT2D eigenvalue weighted by Crippen LogP contribution is 2.33. The minimum absolute atomic E-state index is 0.00124. The number of nitrogens with zero attached hydrogens (tertiary/aromatic N) is 1. The van der Waals surface area contributed by atoms with E-state index in [9.17, 15) is 13.2 Å². The molecule has 1 aromatic rings. The molecule has 2 nitrogen and oxygen atoms in total. The Bertz CT molecular complexity index is 497. The maximum atomic E-state index is 12.6. The summed E-state index contributed by atoms with van der Waals surface area (Å²) in [6.45, 7) is 0. The lowest BCUT2D eigenvalue weighted by Gasteiger charge is -2.18. The van der Waals surface area contributed by atoms with Crippen molar-refractivity contribution in [2.75, 3.05) is 0 Å². The second-order valence-electron chi connectivity index (χ2n) is 5.05. The first-order valence-electron chi connectivity index (χ1n) is 6.78. The maximum absolute atomic E-state index is 12.6. The molecule has 2 rings (SSSR count). The standard InChI is InChI=1S/C15H16F3NO/c16-15(17,18)12-7-8-14(11(9-12)10-19)20-13-5-3-1-2-4-6-13/h7-9,13H,1-6H2. The van der Waals surface area contributed by atoms with Gasteiger partial charge in [0.25, 0.3) is 0 Å². The fraction of sp³-hybridized carbons (Fsp3) is 0.533. The molecule has 0 saturated heterocycles. The minimum atomic E-state index is -4.44. The quantitative estimate of drug-likeness (QED) is 0.738. The Balaban J connectivity index is 2.17. The lowest BCUT2D eigenvalue weighted by atomic mass is 10.1. The highest BCUT2D eigenvalue weighted by molar-refractivity contribution is 5.46. The first kappa shape index (κ1) is 14.7. The van der Waals surface area contributed by atoms with Crippen LogP contribution in [0.3, 0.4) is 0 Å². The van der Waals surface area contributed by atoms with Crippen LogP contribution in [0.25, 0.3) is 0 Å². The molecule has 0 spiro atoms. The highest BCUT2D eigenvalue weighted by atomic mass is 19.4. The Hall–Kier alpha value is -1.70. The average Bonchev–Trinajstić information content (AvgIpc) is 2.66. The molecular formula is C15H16F3NO. The van der Waals surface area contributed by atoms with Gasteiger partial charge >= 0.3 is 6.18 Å². The van der Waals surface area contributed by atoms with Crippen molar-refractivity contribution in [2.45, 2.75) is 50.8 Å². The fourth-order valence-electron chi connectivity index (χ4n) is 2.44. The normalized spacial score (nSPS) is 17.3. The van der Waals surface area contributed by atoms with E-state index in [1.807, 2.05) is 0 Å². The predicted molar refractivity (Wildman–Crippen MR) is 68.3 cm³/mol. The summed E-state index contributed by atoms with van der Waals surface area (Å²) in [5.74, 6) is 0.257. The topological polar surface area (TPSA) is 33.0 Å². The number of nitriles is 1. The van der Waals surface area contributed by atoms with E-state index in [0.29, 0.717) is 0 Å². The molecular weight excluding hydrogens is 267 g/mol. The van der Waals surface area contributed by atoms with Crippen LogP contribution in [-0.4, -0.2) is 6.10 Å². The zero-order valence-electron chi connectivity index (χ0n) is 11.0. The summed E-state index contributed by atoms with van der Waals surface area (Å²) in [4.78, 5) is 0. The second-order valence-corrected chi connectivity index (χ2v) is 5.05. The van der Waals surface area contributed by atoms with Gasteiger partial charge in [0.1, 0.15) is 11.8 Å². The van der Waals surface area contributed by atoms with Gasteiger partial charge in [-0.2, -0.15) is 18.4 Å². The van der Waals surface area contributed by atoms with Crippen LogP contribution in [0.15, 0.2) is 18.2 Å². The van der Waals surface area contributed by atoms with E-state index in [4.69, 9.17) is 10.00 Å². The molecule has 0 unspecified atom stereocenters. The molecule has 1 aromatic carbocycles. The summed E-state index contributed by atoms with van der Waals surface area (Å²) in [5, 5.41) is 9.00.